The number of amides is 1. The summed E-state index contributed by atoms with van der Waals surface area (Å²) in [6, 6.07) is 13.4. The lowest BCUT2D eigenvalue weighted by atomic mass is 9.51. The average molecular weight is 615 g/mol. The van der Waals surface area contributed by atoms with Crippen LogP contribution in [0.1, 0.15) is 100 Å². The van der Waals surface area contributed by atoms with Crippen LogP contribution in [0.15, 0.2) is 42.5 Å². The molecule has 0 unspecified atom stereocenters. The number of piperidine rings is 1. The highest BCUT2D eigenvalue weighted by Gasteiger charge is 2.66. The Morgan fingerprint density at radius 1 is 1.00 bits per heavy atom. The minimum atomic E-state index is -0.384. The third-order valence-electron chi connectivity index (χ3n) is 10.7. The second kappa shape index (κ2) is 13.1. The Labute approximate surface area is 266 Å². The molecule has 1 saturated heterocycles. The quantitative estimate of drug-likeness (QED) is 0.124. The summed E-state index contributed by atoms with van der Waals surface area (Å²) in [6.45, 7) is 7.13. The Hall–Kier alpha value is -3.52. The summed E-state index contributed by atoms with van der Waals surface area (Å²) in [6.07, 6.45) is 7.25. The Bertz CT molecular complexity index is 1460. The zero-order valence-corrected chi connectivity index (χ0v) is 26.9. The number of rotatable bonds is 13. The number of ether oxygens (including phenoxy) is 2. The second-order valence-electron chi connectivity index (χ2n) is 13.5. The van der Waals surface area contributed by atoms with E-state index < -0.39 is 0 Å². The van der Waals surface area contributed by atoms with Crippen LogP contribution in [0, 0.1) is 5.92 Å². The standard InChI is InChI=1S/C37H46N2O6/c1-4-5-20-39(33(43)14-10-9-13-31(42)26-11-7-6-8-12-26)29-17-16-28-30-22-27-15-18-32(44-25(3)41)35-34(27)37(28,36(29)45-35)19-21-38(30)23-24(2)40/h6-8,11-12,15,18,28-30,36H,4-5,9-10,13-14,16-17,19-23H2,1-3H3/t28-,29+,30+,36-,37-/m0/s1. The number of ketones is 2. The molecule has 2 heterocycles. The van der Waals surface area contributed by atoms with Crippen molar-refractivity contribution >= 4 is 23.4 Å². The van der Waals surface area contributed by atoms with Gasteiger partial charge in [-0.25, -0.2) is 0 Å². The number of esters is 1. The monoisotopic (exact) mass is 614 g/mol. The van der Waals surface area contributed by atoms with Gasteiger partial charge in [0.2, 0.25) is 5.91 Å². The fourth-order valence-corrected chi connectivity index (χ4v) is 8.90. The van der Waals surface area contributed by atoms with E-state index in [9.17, 15) is 19.2 Å². The lowest BCUT2D eigenvalue weighted by molar-refractivity contribution is -0.143. The maximum absolute atomic E-state index is 14.0. The topological polar surface area (TPSA) is 93.2 Å². The summed E-state index contributed by atoms with van der Waals surface area (Å²) in [5.41, 5.74) is 2.79. The van der Waals surface area contributed by atoms with Gasteiger partial charge in [0.15, 0.2) is 17.3 Å². The highest BCUT2D eigenvalue weighted by molar-refractivity contribution is 5.96. The zero-order valence-electron chi connectivity index (χ0n) is 26.9. The van der Waals surface area contributed by atoms with Crippen LogP contribution in [0.5, 0.6) is 11.5 Å². The average Bonchev–Trinajstić information content (AvgIpc) is 3.37. The highest BCUT2D eigenvalue weighted by Crippen LogP contribution is 2.64. The second-order valence-corrected chi connectivity index (χ2v) is 13.5. The van der Waals surface area contributed by atoms with Crippen molar-refractivity contribution in [3.05, 3.63) is 59.2 Å². The molecule has 2 aliphatic heterocycles. The van der Waals surface area contributed by atoms with Crippen molar-refractivity contribution in [1.82, 2.24) is 9.80 Å². The van der Waals surface area contributed by atoms with Crippen molar-refractivity contribution < 1.29 is 28.7 Å². The van der Waals surface area contributed by atoms with Crippen molar-refractivity contribution in [2.45, 2.75) is 109 Å². The van der Waals surface area contributed by atoms with E-state index in [4.69, 9.17) is 9.47 Å². The fourth-order valence-electron chi connectivity index (χ4n) is 8.90. The van der Waals surface area contributed by atoms with Gasteiger partial charge in [-0.2, -0.15) is 0 Å². The molecule has 2 fully saturated rings. The minimum Gasteiger partial charge on any atom is -0.483 e. The lowest BCUT2D eigenvalue weighted by Crippen LogP contribution is -2.69. The Morgan fingerprint density at radius 2 is 1.78 bits per heavy atom. The van der Waals surface area contributed by atoms with E-state index in [1.807, 2.05) is 36.4 Å². The van der Waals surface area contributed by atoms with Gasteiger partial charge in [-0.15, -0.1) is 0 Å². The molecule has 8 heteroatoms. The first-order chi connectivity index (χ1) is 21.7. The molecule has 0 aromatic heterocycles. The first kappa shape index (κ1) is 31.5. The van der Waals surface area contributed by atoms with Gasteiger partial charge in [0.25, 0.3) is 0 Å². The number of hydrogen-bond donors (Lipinski definition) is 0. The number of carbonyl (C=O) groups excluding carboxylic acids is 4. The van der Waals surface area contributed by atoms with E-state index >= 15 is 0 Å². The zero-order chi connectivity index (χ0) is 31.7. The molecule has 2 aromatic carbocycles. The summed E-state index contributed by atoms with van der Waals surface area (Å²) < 4.78 is 12.6. The number of nitrogens with zero attached hydrogens (tertiary/aromatic N) is 2. The summed E-state index contributed by atoms with van der Waals surface area (Å²) >= 11 is 0. The Balaban J connectivity index is 1.27. The molecule has 240 valence electrons. The summed E-state index contributed by atoms with van der Waals surface area (Å²) in [4.78, 5) is 55.4. The Morgan fingerprint density at radius 3 is 2.51 bits per heavy atom. The molecule has 1 spiro atoms. The first-order valence-electron chi connectivity index (χ1n) is 16.9. The molecule has 1 saturated carbocycles. The van der Waals surface area contributed by atoms with E-state index in [0.29, 0.717) is 56.2 Å². The van der Waals surface area contributed by atoms with Crippen molar-refractivity contribution in [3.8, 4) is 11.5 Å². The molecule has 4 aliphatic rings. The van der Waals surface area contributed by atoms with E-state index in [1.54, 1.807) is 6.92 Å². The first-order valence-corrected chi connectivity index (χ1v) is 16.9. The van der Waals surface area contributed by atoms with Gasteiger partial charge >= 0.3 is 5.97 Å². The van der Waals surface area contributed by atoms with Crippen molar-refractivity contribution in [1.29, 1.82) is 0 Å². The van der Waals surface area contributed by atoms with E-state index in [2.05, 4.69) is 22.8 Å². The molecule has 0 N–H and O–H groups in total. The molecular formula is C37H46N2O6. The third-order valence-corrected chi connectivity index (χ3v) is 10.7. The van der Waals surface area contributed by atoms with Gasteiger partial charge < -0.3 is 14.4 Å². The van der Waals surface area contributed by atoms with Gasteiger partial charge in [0, 0.05) is 48.9 Å². The number of benzene rings is 2. The maximum atomic E-state index is 14.0. The number of Topliss-reactive ketones (excluding diaryl/α,β-unsaturated/α-hetero) is 2. The molecule has 2 bridgehead atoms. The van der Waals surface area contributed by atoms with Gasteiger partial charge in [-0.3, -0.25) is 24.1 Å². The predicted octanol–water partition coefficient (Wildman–Crippen LogP) is 5.68. The summed E-state index contributed by atoms with van der Waals surface area (Å²) in [5, 5.41) is 0. The number of likely N-dealkylation sites (tertiary alicyclic amines) is 1. The molecule has 2 aromatic rings. The molecule has 8 nitrogen and oxygen atoms in total. The van der Waals surface area contributed by atoms with Crippen LogP contribution in [-0.4, -0.2) is 71.1 Å². The van der Waals surface area contributed by atoms with Crippen LogP contribution in [0.2, 0.25) is 0 Å². The molecular weight excluding hydrogens is 568 g/mol. The van der Waals surface area contributed by atoms with Crippen LogP contribution >= 0.6 is 0 Å². The summed E-state index contributed by atoms with van der Waals surface area (Å²) in [7, 11) is 0. The van der Waals surface area contributed by atoms with Gasteiger partial charge in [-0.05, 0) is 76.0 Å². The maximum Gasteiger partial charge on any atom is 0.308 e. The number of hydrogen-bond acceptors (Lipinski definition) is 7. The van der Waals surface area contributed by atoms with Crippen molar-refractivity contribution in [3.63, 3.8) is 0 Å². The normalized spacial score (nSPS) is 26.0. The number of unbranched alkanes of at least 4 members (excludes halogenated alkanes) is 2. The highest BCUT2D eigenvalue weighted by atomic mass is 16.6. The molecule has 0 radical (unpaired) electrons. The Kier molecular flexibility index (Phi) is 9.14. The van der Waals surface area contributed by atoms with E-state index in [0.717, 1.165) is 50.6 Å². The van der Waals surface area contributed by atoms with E-state index in [1.165, 1.54) is 18.1 Å². The van der Waals surface area contributed by atoms with E-state index in [-0.39, 0.29) is 47.0 Å². The van der Waals surface area contributed by atoms with Crippen molar-refractivity contribution in [2.24, 2.45) is 5.92 Å². The molecule has 2 aliphatic carbocycles. The smallest absolute Gasteiger partial charge is 0.308 e. The van der Waals surface area contributed by atoms with Crippen LogP contribution in [0.3, 0.4) is 0 Å². The third kappa shape index (κ3) is 5.82. The lowest BCUT2D eigenvalue weighted by Gasteiger charge is -2.60. The SMILES string of the molecule is CCCCN(C(=O)CCCCC(=O)c1ccccc1)[C@@H]1CC[C@H]2[C@H]3Cc4ccc(OC(C)=O)c5c4[C@@]2(CCN3CC(C)=O)[C@H]1O5. The van der Waals surface area contributed by atoms with Crippen LogP contribution in [-0.2, 0) is 26.2 Å². The minimum absolute atomic E-state index is 0.102. The van der Waals surface area contributed by atoms with Gasteiger partial charge in [-0.1, -0.05) is 49.7 Å². The molecule has 6 rings (SSSR count). The van der Waals surface area contributed by atoms with Crippen LogP contribution in [0.25, 0.3) is 0 Å². The van der Waals surface area contributed by atoms with Crippen LogP contribution < -0.4 is 9.47 Å². The van der Waals surface area contributed by atoms with Gasteiger partial charge in [0.1, 0.15) is 11.9 Å². The molecule has 45 heavy (non-hydrogen) atoms. The molecule has 5 atom stereocenters. The fraction of sp³-hybridized carbons (Fsp3) is 0.568. The largest absolute Gasteiger partial charge is 0.483 e. The van der Waals surface area contributed by atoms with Gasteiger partial charge in [0.05, 0.1) is 12.6 Å². The molecule has 1 amide bonds. The van der Waals surface area contributed by atoms with Crippen LogP contribution in [0.4, 0.5) is 0 Å². The summed E-state index contributed by atoms with van der Waals surface area (Å²) in [5.74, 6) is 1.45. The predicted molar refractivity (Wildman–Crippen MR) is 171 cm³/mol. The number of carbonyl (C=O) groups is 4. The van der Waals surface area contributed by atoms with Crippen molar-refractivity contribution in [2.75, 3.05) is 19.6 Å².